The summed E-state index contributed by atoms with van der Waals surface area (Å²) in [5.41, 5.74) is 1.80. The molecule has 3 aromatic rings. The maximum atomic E-state index is 12.5. The topological polar surface area (TPSA) is 87.3 Å². The molecule has 1 aliphatic carbocycles. The average molecular weight is 401 g/mol. The van der Waals surface area contributed by atoms with E-state index in [0.717, 1.165) is 23.6 Å². The van der Waals surface area contributed by atoms with Gasteiger partial charge in [0.1, 0.15) is 0 Å². The highest BCUT2D eigenvalue weighted by Crippen LogP contribution is 2.30. The highest BCUT2D eigenvalue weighted by Gasteiger charge is 2.29. The fourth-order valence-electron chi connectivity index (χ4n) is 3.27. The molecular formula is C24H23N3O3. The van der Waals surface area contributed by atoms with Gasteiger partial charge in [-0.1, -0.05) is 36.4 Å². The predicted octanol–water partition coefficient (Wildman–Crippen LogP) is 3.35. The minimum atomic E-state index is -0.227. The van der Waals surface area contributed by atoms with E-state index in [1.165, 1.54) is 0 Å². The number of rotatable bonds is 7. The Labute approximate surface area is 174 Å². The second kappa shape index (κ2) is 8.78. The van der Waals surface area contributed by atoms with Crippen molar-refractivity contribution in [2.24, 2.45) is 5.92 Å². The summed E-state index contributed by atoms with van der Waals surface area (Å²) in [6.45, 7) is 0.638. The zero-order valence-electron chi connectivity index (χ0n) is 16.5. The average Bonchev–Trinajstić information content (AvgIpc) is 3.62. The molecule has 1 saturated carbocycles. The standard InChI is InChI=1S/C24H23N3O3/c28-22(17-10-12-19(13-11-17)27-23(29)18-8-9-18)25-14-15-26-24(30)21-7-3-5-16-4-1-2-6-20(16)21/h1-7,10-13,18H,8-9,14-15H2,(H,25,28)(H,26,30)(H,27,29). The smallest absolute Gasteiger partial charge is 0.251 e. The van der Waals surface area contributed by atoms with Crippen LogP contribution in [0.1, 0.15) is 33.6 Å². The lowest BCUT2D eigenvalue weighted by Crippen LogP contribution is -2.34. The van der Waals surface area contributed by atoms with Crippen LogP contribution in [0.4, 0.5) is 5.69 Å². The maximum Gasteiger partial charge on any atom is 0.251 e. The molecule has 0 unspecified atom stereocenters. The number of hydrogen-bond acceptors (Lipinski definition) is 3. The second-order valence-electron chi connectivity index (χ2n) is 7.38. The van der Waals surface area contributed by atoms with E-state index in [9.17, 15) is 14.4 Å². The van der Waals surface area contributed by atoms with Crippen LogP contribution in [0.5, 0.6) is 0 Å². The van der Waals surface area contributed by atoms with Gasteiger partial charge in [0.15, 0.2) is 0 Å². The Morgan fingerprint density at radius 1 is 0.767 bits per heavy atom. The van der Waals surface area contributed by atoms with Crippen LogP contribution in [-0.2, 0) is 4.79 Å². The molecule has 152 valence electrons. The summed E-state index contributed by atoms with van der Waals surface area (Å²) in [6, 6.07) is 20.1. The van der Waals surface area contributed by atoms with Gasteiger partial charge in [0.25, 0.3) is 11.8 Å². The summed E-state index contributed by atoms with van der Waals surface area (Å²) < 4.78 is 0. The lowest BCUT2D eigenvalue weighted by molar-refractivity contribution is -0.117. The minimum Gasteiger partial charge on any atom is -0.350 e. The van der Waals surface area contributed by atoms with Gasteiger partial charge in [-0.05, 0) is 53.9 Å². The van der Waals surface area contributed by atoms with Crippen molar-refractivity contribution in [2.45, 2.75) is 12.8 Å². The highest BCUT2D eigenvalue weighted by atomic mass is 16.2. The van der Waals surface area contributed by atoms with Crippen molar-refractivity contribution in [3.8, 4) is 0 Å². The SMILES string of the molecule is O=C(NCCNC(=O)c1cccc2ccccc12)c1ccc(NC(=O)C2CC2)cc1. The van der Waals surface area contributed by atoms with Gasteiger partial charge in [-0.25, -0.2) is 0 Å². The van der Waals surface area contributed by atoms with Crippen LogP contribution in [-0.4, -0.2) is 30.8 Å². The van der Waals surface area contributed by atoms with Crippen molar-refractivity contribution in [3.63, 3.8) is 0 Å². The molecule has 0 aliphatic heterocycles. The van der Waals surface area contributed by atoms with E-state index in [0.29, 0.717) is 29.9 Å². The Hall–Kier alpha value is -3.67. The summed E-state index contributed by atoms with van der Waals surface area (Å²) in [5.74, 6) is -0.225. The lowest BCUT2D eigenvalue weighted by atomic mass is 10.0. The molecule has 4 rings (SSSR count). The molecule has 0 saturated heterocycles. The molecule has 3 N–H and O–H groups in total. The summed E-state index contributed by atoms with van der Waals surface area (Å²) >= 11 is 0. The van der Waals surface area contributed by atoms with Crippen LogP contribution in [0.15, 0.2) is 66.7 Å². The van der Waals surface area contributed by atoms with Gasteiger partial charge in [0, 0.05) is 35.8 Å². The maximum absolute atomic E-state index is 12.5. The number of fused-ring (bicyclic) bond motifs is 1. The first kappa shape index (κ1) is 19.6. The molecule has 3 aromatic carbocycles. The Balaban J connectivity index is 1.25. The van der Waals surface area contributed by atoms with E-state index < -0.39 is 0 Å². The second-order valence-corrected chi connectivity index (χ2v) is 7.38. The van der Waals surface area contributed by atoms with Gasteiger partial charge in [-0.3, -0.25) is 14.4 Å². The van der Waals surface area contributed by atoms with E-state index in [1.54, 1.807) is 30.3 Å². The zero-order valence-corrected chi connectivity index (χ0v) is 16.5. The molecule has 0 atom stereocenters. The first-order valence-corrected chi connectivity index (χ1v) is 10.1. The predicted molar refractivity (Wildman–Crippen MR) is 116 cm³/mol. The fraction of sp³-hybridized carbons (Fsp3) is 0.208. The molecule has 0 bridgehead atoms. The number of hydrogen-bond donors (Lipinski definition) is 3. The van der Waals surface area contributed by atoms with Gasteiger partial charge < -0.3 is 16.0 Å². The third-order valence-electron chi connectivity index (χ3n) is 5.09. The summed E-state index contributed by atoms with van der Waals surface area (Å²) in [5, 5.41) is 10.4. The largest absolute Gasteiger partial charge is 0.350 e. The molecule has 1 fully saturated rings. The van der Waals surface area contributed by atoms with Gasteiger partial charge in [0.05, 0.1) is 0 Å². The molecule has 6 nitrogen and oxygen atoms in total. The van der Waals surface area contributed by atoms with E-state index in [2.05, 4.69) is 16.0 Å². The Morgan fingerprint density at radius 2 is 1.43 bits per heavy atom. The number of nitrogens with one attached hydrogen (secondary N) is 3. The third-order valence-corrected chi connectivity index (χ3v) is 5.09. The van der Waals surface area contributed by atoms with Crippen LogP contribution in [0.3, 0.4) is 0 Å². The van der Waals surface area contributed by atoms with E-state index in [4.69, 9.17) is 0 Å². The van der Waals surface area contributed by atoms with Crippen molar-refractivity contribution in [1.82, 2.24) is 10.6 Å². The molecular weight excluding hydrogens is 378 g/mol. The van der Waals surface area contributed by atoms with E-state index >= 15 is 0 Å². The van der Waals surface area contributed by atoms with Crippen LogP contribution >= 0.6 is 0 Å². The molecule has 0 heterocycles. The van der Waals surface area contributed by atoms with E-state index in [-0.39, 0.29) is 23.6 Å². The van der Waals surface area contributed by atoms with Gasteiger partial charge in [-0.15, -0.1) is 0 Å². The monoisotopic (exact) mass is 401 g/mol. The number of carbonyl (C=O) groups excluding carboxylic acids is 3. The molecule has 6 heteroatoms. The van der Waals surface area contributed by atoms with Crippen molar-refractivity contribution in [1.29, 1.82) is 0 Å². The molecule has 30 heavy (non-hydrogen) atoms. The van der Waals surface area contributed by atoms with Gasteiger partial charge in [0.2, 0.25) is 5.91 Å². The van der Waals surface area contributed by atoms with Crippen molar-refractivity contribution >= 4 is 34.2 Å². The van der Waals surface area contributed by atoms with Crippen LogP contribution in [0.2, 0.25) is 0 Å². The fourth-order valence-corrected chi connectivity index (χ4v) is 3.27. The quantitative estimate of drug-likeness (QED) is 0.531. The van der Waals surface area contributed by atoms with Gasteiger partial charge in [-0.2, -0.15) is 0 Å². The van der Waals surface area contributed by atoms with Crippen LogP contribution in [0, 0.1) is 5.92 Å². The number of amides is 3. The molecule has 1 aliphatic rings. The zero-order chi connectivity index (χ0) is 20.9. The van der Waals surface area contributed by atoms with Crippen LogP contribution < -0.4 is 16.0 Å². The Morgan fingerprint density at radius 3 is 2.17 bits per heavy atom. The molecule has 3 amide bonds. The minimum absolute atomic E-state index is 0.0362. The van der Waals surface area contributed by atoms with Crippen molar-refractivity contribution in [3.05, 3.63) is 77.9 Å². The first-order chi connectivity index (χ1) is 14.6. The third kappa shape index (κ3) is 4.66. The number of anilines is 1. The lowest BCUT2D eigenvalue weighted by Gasteiger charge is -2.10. The normalized spacial score (nSPS) is 12.9. The highest BCUT2D eigenvalue weighted by molar-refractivity contribution is 6.07. The molecule has 0 aromatic heterocycles. The number of carbonyl (C=O) groups is 3. The van der Waals surface area contributed by atoms with Crippen LogP contribution in [0.25, 0.3) is 10.8 Å². The molecule has 0 spiro atoms. The molecule has 0 radical (unpaired) electrons. The summed E-state index contributed by atoms with van der Waals surface area (Å²) in [4.78, 5) is 36.5. The van der Waals surface area contributed by atoms with Gasteiger partial charge >= 0.3 is 0 Å². The number of benzene rings is 3. The summed E-state index contributed by atoms with van der Waals surface area (Å²) in [7, 11) is 0. The Kier molecular flexibility index (Phi) is 5.75. The van der Waals surface area contributed by atoms with Crippen molar-refractivity contribution in [2.75, 3.05) is 18.4 Å². The summed E-state index contributed by atoms with van der Waals surface area (Å²) in [6.07, 6.45) is 1.90. The first-order valence-electron chi connectivity index (χ1n) is 10.1. The van der Waals surface area contributed by atoms with E-state index in [1.807, 2.05) is 36.4 Å². The Bertz CT molecular complexity index is 1080. The van der Waals surface area contributed by atoms with Crippen molar-refractivity contribution < 1.29 is 14.4 Å².